The normalized spacial score (nSPS) is 11.9. The van der Waals surface area contributed by atoms with Crippen LogP contribution in [0.4, 0.5) is 8.78 Å². The average molecular weight is 373 g/mol. The summed E-state index contributed by atoms with van der Waals surface area (Å²) in [4.78, 5) is 16.6. The fraction of sp³-hybridized carbons (Fsp3) is 0.211. The van der Waals surface area contributed by atoms with Crippen LogP contribution in [0.3, 0.4) is 0 Å². The van der Waals surface area contributed by atoms with E-state index in [9.17, 15) is 13.6 Å². The Hall–Kier alpha value is -3.29. The molecule has 0 saturated carbocycles. The lowest BCUT2D eigenvalue weighted by molar-refractivity contribution is 0.0934. The molecule has 1 heterocycles. The summed E-state index contributed by atoms with van der Waals surface area (Å²) < 4.78 is 37.4. The van der Waals surface area contributed by atoms with Crippen molar-refractivity contribution < 1.29 is 22.8 Å². The molecular formula is C19H17F2N3O3. The number of rotatable bonds is 6. The molecule has 8 heteroatoms. The van der Waals surface area contributed by atoms with Gasteiger partial charge in [0.05, 0.1) is 11.6 Å². The van der Waals surface area contributed by atoms with Gasteiger partial charge in [0.15, 0.2) is 6.61 Å². The predicted molar refractivity (Wildman–Crippen MR) is 92.0 cm³/mol. The molecule has 1 atom stereocenters. The van der Waals surface area contributed by atoms with E-state index in [2.05, 4.69) is 15.5 Å². The number of para-hydroxylation sites is 1. The lowest BCUT2D eigenvalue weighted by Crippen LogP contribution is -2.27. The first-order valence-corrected chi connectivity index (χ1v) is 8.21. The van der Waals surface area contributed by atoms with E-state index in [-0.39, 0.29) is 17.7 Å². The Kier molecular flexibility index (Phi) is 5.44. The Balaban J connectivity index is 1.72. The van der Waals surface area contributed by atoms with E-state index >= 15 is 0 Å². The van der Waals surface area contributed by atoms with Crippen molar-refractivity contribution >= 4 is 5.91 Å². The minimum Gasteiger partial charge on any atom is -0.485 e. The maximum atomic E-state index is 13.9. The van der Waals surface area contributed by atoms with Crippen LogP contribution in [-0.4, -0.2) is 16.0 Å². The molecule has 0 aliphatic carbocycles. The minimum atomic E-state index is -0.722. The fourth-order valence-electron chi connectivity index (χ4n) is 2.53. The molecule has 0 aliphatic rings. The number of carbonyl (C=O) groups is 1. The summed E-state index contributed by atoms with van der Waals surface area (Å²) in [6.07, 6.45) is 0. The molecule has 27 heavy (non-hydrogen) atoms. The Morgan fingerprint density at radius 1 is 1.26 bits per heavy atom. The minimum absolute atomic E-state index is 0.0315. The largest absolute Gasteiger partial charge is 0.485 e. The van der Waals surface area contributed by atoms with E-state index in [1.54, 1.807) is 38.1 Å². The number of aryl methyl sites for hydroxylation is 1. The molecule has 2 aromatic carbocycles. The van der Waals surface area contributed by atoms with Crippen LogP contribution >= 0.6 is 0 Å². The maximum absolute atomic E-state index is 13.9. The van der Waals surface area contributed by atoms with Gasteiger partial charge >= 0.3 is 0 Å². The fourth-order valence-corrected chi connectivity index (χ4v) is 2.53. The average Bonchev–Trinajstić information content (AvgIpc) is 3.05. The van der Waals surface area contributed by atoms with Crippen LogP contribution < -0.4 is 10.1 Å². The van der Waals surface area contributed by atoms with Crippen molar-refractivity contribution in [2.24, 2.45) is 0 Å². The highest BCUT2D eigenvalue weighted by Gasteiger charge is 2.18. The first-order chi connectivity index (χ1) is 12.9. The number of carbonyl (C=O) groups excluding carboxylic acids is 1. The van der Waals surface area contributed by atoms with Gasteiger partial charge in [-0.1, -0.05) is 23.4 Å². The van der Waals surface area contributed by atoms with Crippen molar-refractivity contribution in [2.75, 3.05) is 0 Å². The molecule has 1 N–H and O–H groups in total. The molecule has 0 radical (unpaired) electrons. The lowest BCUT2D eigenvalue weighted by Gasteiger charge is -2.16. The second-order valence-corrected chi connectivity index (χ2v) is 5.88. The van der Waals surface area contributed by atoms with Crippen LogP contribution in [0.25, 0.3) is 0 Å². The van der Waals surface area contributed by atoms with Crippen molar-refractivity contribution in [2.45, 2.75) is 26.5 Å². The smallest absolute Gasteiger partial charge is 0.255 e. The monoisotopic (exact) mass is 373 g/mol. The van der Waals surface area contributed by atoms with E-state index < -0.39 is 23.6 Å². The van der Waals surface area contributed by atoms with E-state index in [0.29, 0.717) is 17.5 Å². The zero-order valence-corrected chi connectivity index (χ0v) is 14.7. The second-order valence-electron chi connectivity index (χ2n) is 5.88. The Morgan fingerprint density at radius 2 is 2.04 bits per heavy atom. The molecule has 1 amide bonds. The number of benzene rings is 2. The molecule has 3 aromatic rings. The SMILES string of the molecule is Cc1nc(COc2ccccc2C(=O)N[C@@H](C)c2ccc(F)cc2F)no1. The molecule has 140 valence electrons. The van der Waals surface area contributed by atoms with Gasteiger partial charge in [0.1, 0.15) is 17.4 Å². The van der Waals surface area contributed by atoms with E-state index in [4.69, 9.17) is 9.26 Å². The number of amides is 1. The third-order valence-corrected chi connectivity index (χ3v) is 3.83. The van der Waals surface area contributed by atoms with E-state index in [1.165, 1.54) is 6.07 Å². The van der Waals surface area contributed by atoms with Crippen LogP contribution in [0.15, 0.2) is 47.0 Å². The summed E-state index contributed by atoms with van der Waals surface area (Å²) in [5.74, 6) is -0.764. The zero-order chi connectivity index (χ0) is 19.4. The number of halogens is 2. The number of ether oxygens (including phenoxy) is 1. The summed E-state index contributed by atoms with van der Waals surface area (Å²) in [6.45, 7) is 3.30. The highest BCUT2D eigenvalue weighted by atomic mass is 19.1. The third-order valence-electron chi connectivity index (χ3n) is 3.83. The molecule has 3 rings (SSSR count). The van der Waals surface area contributed by atoms with Gasteiger partial charge in [-0.05, 0) is 25.1 Å². The van der Waals surface area contributed by atoms with Crippen LogP contribution in [0.1, 0.15) is 40.6 Å². The summed E-state index contributed by atoms with van der Waals surface area (Å²) >= 11 is 0. The molecule has 6 nitrogen and oxygen atoms in total. The van der Waals surface area contributed by atoms with Gasteiger partial charge in [0.2, 0.25) is 11.7 Å². The lowest BCUT2D eigenvalue weighted by atomic mass is 10.1. The highest BCUT2D eigenvalue weighted by Crippen LogP contribution is 2.22. The summed E-state index contributed by atoms with van der Waals surface area (Å²) in [6, 6.07) is 9.18. The predicted octanol–water partition coefficient (Wildman–Crippen LogP) is 3.73. The van der Waals surface area contributed by atoms with Crippen LogP contribution in [0.2, 0.25) is 0 Å². The first kappa shape index (κ1) is 18.5. The van der Waals surface area contributed by atoms with Crippen molar-refractivity contribution in [3.63, 3.8) is 0 Å². The summed E-state index contributed by atoms with van der Waals surface area (Å²) in [7, 11) is 0. The Bertz CT molecular complexity index is 959. The Morgan fingerprint density at radius 3 is 2.74 bits per heavy atom. The molecule has 0 spiro atoms. The second kappa shape index (κ2) is 7.94. The van der Waals surface area contributed by atoms with Gasteiger partial charge in [0, 0.05) is 18.6 Å². The van der Waals surface area contributed by atoms with Crippen molar-refractivity contribution in [1.82, 2.24) is 15.5 Å². The van der Waals surface area contributed by atoms with Gasteiger partial charge < -0.3 is 14.6 Å². The number of hydrogen-bond donors (Lipinski definition) is 1. The van der Waals surface area contributed by atoms with E-state index in [0.717, 1.165) is 12.1 Å². The van der Waals surface area contributed by atoms with Crippen LogP contribution in [0, 0.1) is 18.6 Å². The van der Waals surface area contributed by atoms with Gasteiger partial charge in [-0.15, -0.1) is 0 Å². The topological polar surface area (TPSA) is 77.2 Å². The molecule has 1 aromatic heterocycles. The van der Waals surface area contributed by atoms with Crippen LogP contribution in [-0.2, 0) is 6.61 Å². The van der Waals surface area contributed by atoms with Crippen molar-refractivity contribution in [3.8, 4) is 5.75 Å². The quantitative estimate of drug-likeness (QED) is 0.712. The van der Waals surface area contributed by atoms with Crippen molar-refractivity contribution in [1.29, 1.82) is 0 Å². The summed E-state index contributed by atoms with van der Waals surface area (Å²) in [5.41, 5.74) is 0.456. The van der Waals surface area contributed by atoms with Gasteiger partial charge in [-0.2, -0.15) is 4.98 Å². The van der Waals surface area contributed by atoms with E-state index in [1.807, 2.05) is 0 Å². The summed E-state index contributed by atoms with van der Waals surface area (Å²) in [5, 5.41) is 6.41. The molecule has 0 bridgehead atoms. The Labute approximate surface area is 154 Å². The third kappa shape index (κ3) is 4.46. The maximum Gasteiger partial charge on any atom is 0.255 e. The number of aromatic nitrogens is 2. The van der Waals surface area contributed by atoms with Crippen molar-refractivity contribution in [3.05, 3.63) is 76.9 Å². The standard InChI is InChI=1S/C19H17F2N3O3/c1-11(14-8-7-13(20)9-16(14)21)22-19(25)15-5-3-4-6-17(15)26-10-18-23-12(2)27-24-18/h3-9,11H,10H2,1-2H3,(H,22,25)/t11-/m0/s1. The molecular weight excluding hydrogens is 356 g/mol. The molecule has 0 saturated heterocycles. The van der Waals surface area contributed by atoms with Gasteiger partial charge in [-0.3, -0.25) is 4.79 Å². The molecule has 0 unspecified atom stereocenters. The van der Waals surface area contributed by atoms with Crippen LogP contribution in [0.5, 0.6) is 5.75 Å². The highest BCUT2D eigenvalue weighted by molar-refractivity contribution is 5.97. The molecule has 0 fully saturated rings. The van der Waals surface area contributed by atoms with Gasteiger partial charge in [0.25, 0.3) is 5.91 Å². The number of hydrogen-bond acceptors (Lipinski definition) is 5. The number of nitrogens with one attached hydrogen (secondary N) is 1. The zero-order valence-electron chi connectivity index (χ0n) is 14.7. The first-order valence-electron chi connectivity index (χ1n) is 8.21. The number of nitrogens with zero attached hydrogens (tertiary/aromatic N) is 2. The van der Waals surface area contributed by atoms with Gasteiger partial charge in [-0.25, -0.2) is 8.78 Å². The molecule has 0 aliphatic heterocycles.